The fourth-order valence-electron chi connectivity index (χ4n) is 3.05. The highest BCUT2D eigenvalue weighted by Crippen LogP contribution is 2.36. The molecule has 1 amide bonds. The maximum absolute atomic E-state index is 12.1. The fraction of sp³-hybridized carbons (Fsp3) is 0.882. The van der Waals surface area contributed by atoms with E-state index in [-0.39, 0.29) is 23.3 Å². The minimum absolute atomic E-state index is 0.167. The van der Waals surface area contributed by atoms with Crippen LogP contribution in [0.3, 0.4) is 0 Å². The summed E-state index contributed by atoms with van der Waals surface area (Å²) in [6.45, 7) is 9.45. The van der Waals surface area contributed by atoms with Crippen LogP contribution in [0.4, 0.5) is 4.79 Å². The van der Waals surface area contributed by atoms with Crippen LogP contribution in [0.15, 0.2) is 0 Å². The highest BCUT2D eigenvalue weighted by atomic mass is 16.6. The van der Waals surface area contributed by atoms with E-state index in [1.807, 2.05) is 20.8 Å². The summed E-state index contributed by atoms with van der Waals surface area (Å²) in [6, 6.07) is 0. The van der Waals surface area contributed by atoms with E-state index in [0.29, 0.717) is 0 Å². The molecule has 0 bridgehead atoms. The zero-order valence-corrected chi connectivity index (χ0v) is 14.3. The van der Waals surface area contributed by atoms with E-state index in [9.17, 15) is 9.59 Å². The van der Waals surface area contributed by atoms with Gasteiger partial charge in [-0.15, -0.1) is 0 Å². The number of rotatable bonds is 5. The van der Waals surface area contributed by atoms with E-state index in [4.69, 9.17) is 4.74 Å². The number of ether oxygens (including phenoxy) is 1. The number of alkyl carbamates (subject to hydrolysis) is 1. The van der Waals surface area contributed by atoms with Crippen LogP contribution in [0.2, 0.25) is 0 Å². The van der Waals surface area contributed by atoms with Gasteiger partial charge in [0.25, 0.3) is 0 Å². The van der Waals surface area contributed by atoms with Crippen LogP contribution in [0, 0.1) is 5.92 Å². The molecule has 0 aromatic carbocycles. The Hall–Kier alpha value is -1.06. The molecule has 0 aromatic heterocycles. The molecule has 21 heavy (non-hydrogen) atoms. The molecular formula is C17H31NO3. The number of carbonyl (C=O) groups excluding carboxylic acids is 2. The molecule has 1 fully saturated rings. The van der Waals surface area contributed by atoms with Gasteiger partial charge in [0.2, 0.25) is 0 Å². The van der Waals surface area contributed by atoms with Crippen molar-refractivity contribution in [2.24, 2.45) is 5.92 Å². The lowest BCUT2D eigenvalue weighted by Gasteiger charge is -2.40. The molecule has 0 heterocycles. The van der Waals surface area contributed by atoms with Crippen molar-refractivity contribution in [2.75, 3.05) is 0 Å². The maximum Gasteiger partial charge on any atom is 0.408 e. The van der Waals surface area contributed by atoms with E-state index < -0.39 is 5.60 Å². The molecule has 122 valence electrons. The second-order valence-electron chi connectivity index (χ2n) is 7.40. The monoisotopic (exact) mass is 297 g/mol. The number of nitrogens with one attached hydrogen (secondary N) is 1. The molecule has 1 saturated carbocycles. The lowest BCUT2D eigenvalue weighted by atomic mass is 9.73. The summed E-state index contributed by atoms with van der Waals surface area (Å²) in [7, 11) is 0. The quantitative estimate of drug-likeness (QED) is 0.826. The molecule has 1 aliphatic carbocycles. The molecule has 0 atom stereocenters. The second kappa shape index (κ2) is 7.28. The molecule has 0 unspecified atom stereocenters. The van der Waals surface area contributed by atoms with Gasteiger partial charge in [0, 0.05) is 11.5 Å². The summed E-state index contributed by atoms with van der Waals surface area (Å²) in [5.74, 6) is 0.441. The lowest BCUT2D eigenvalue weighted by molar-refractivity contribution is -0.122. The summed E-state index contributed by atoms with van der Waals surface area (Å²) in [5.41, 5.74) is -0.670. The van der Waals surface area contributed by atoms with Crippen LogP contribution < -0.4 is 5.32 Å². The van der Waals surface area contributed by atoms with E-state index >= 15 is 0 Å². The normalized spacial score (nSPS) is 26.2. The molecule has 0 aromatic rings. The molecule has 4 heteroatoms. The zero-order chi connectivity index (χ0) is 16.1. The third kappa shape index (κ3) is 6.06. The predicted molar refractivity (Wildman–Crippen MR) is 84.3 cm³/mol. The number of ketones is 1. The van der Waals surface area contributed by atoms with Crippen molar-refractivity contribution in [3.63, 3.8) is 0 Å². The van der Waals surface area contributed by atoms with Gasteiger partial charge in [0.15, 0.2) is 0 Å². The molecule has 0 radical (unpaired) electrons. The summed E-state index contributed by atoms with van der Waals surface area (Å²) in [4.78, 5) is 23.6. The van der Waals surface area contributed by atoms with Gasteiger partial charge in [0.05, 0.1) is 0 Å². The average molecular weight is 297 g/mol. The number of Topliss-reactive ketones (excluding diaryl/α,β-unsaturated/α-hetero) is 1. The minimum atomic E-state index is -0.480. The third-order valence-corrected chi connectivity index (χ3v) is 4.29. The number of unbranched alkanes of at least 4 members (excludes halogenated alkanes) is 1. The summed E-state index contributed by atoms with van der Waals surface area (Å²) >= 11 is 0. The highest BCUT2D eigenvalue weighted by Gasteiger charge is 2.38. The first-order valence-corrected chi connectivity index (χ1v) is 8.19. The minimum Gasteiger partial charge on any atom is -0.444 e. The number of carbonyl (C=O) groups is 2. The van der Waals surface area contributed by atoms with Crippen molar-refractivity contribution in [3.05, 3.63) is 0 Å². The number of hydrogen-bond acceptors (Lipinski definition) is 3. The van der Waals surface area contributed by atoms with Crippen molar-refractivity contribution in [1.29, 1.82) is 0 Å². The van der Waals surface area contributed by atoms with Gasteiger partial charge >= 0.3 is 6.09 Å². The Bertz CT molecular complexity index is 363. The van der Waals surface area contributed by atoms with Crippen molar-refractivity contribution >= 4 is 11.9 Å². The van der Waals surface area contributed by atoms with Crippen LogP contribution >= 0.6 is 0 Å². The SMILES string of the molecule is CCCCC1(NC(=O)OC(C)(C)C)CCC(C(C)=O)CC1. The van der Waals surface area contributed by atoms with Crippen LogP contribution in [-0.2, 0) is 9.53 Å². The Labute approximate surface area is 129 Å². The first-order valence-electron chi connectivity index (χ1n) is 8.19. The third-order valence-electron chi connectivity index (χ3n) is 4.29. The molecular weight excluding hydrogens is 266 g/mol. The van der Waals surface area contributed by atoms with Crippen LogP contribution in [0.5, 0.6) is 0 Å². The molecule has 0 aliphatic heterocycles. The molecule has 4 nitrogen and oxygen atoms in total. The van der Waals surface area contributed by atoms with Crippen molar-refractivity contribution in [3.8, 4) is 0 Å². The molecule has 1 rings (SSSR count). The summed E-state index contributed by atoms with van der Waals surface area (Å²) in [6.07, 6.45) is 6.30. The maximum atomic E-state index is 12.1. The smallest absolute Gasteiger partial charge is 0.408 e. The van der Waals surface area contributed by atoms with Gasteiger partial charge in [-0.25, -0.2) is 4.79 Å². The fourth-order valence-corrected chi connectivity index (χ4v) is 3.05. The molecule has 1 N–H and O–H groups in total. The molecule has 0 saturated heterocycles. The first-order chi connectivity index (χ1) is 9.67. The van der Waals surface area contributed by atoms with Gasteiger partial charge in [-0.2, -0.15) is 0 Å². The van der Waals surface area contributed by atoms with Gasteiger partial charge in [-0.3, -0.25) is 4.79 Å². The highest BCUT2D eigenvalue weighted by molar-refractivity contribution is 5.78. The van der Waals surface area contributed by atoms with E-state index in [0.717, 1.165) is 44.9 Å². The topological polar surface area (TPSA) is 55.4 Å². The van der Waals surface area contributed by atoms with Gasteiger partial charge in [-0.05, 0) is 59.8 Å². The van der Waals surface area contributed by atoms with Gasteiger partial charge in [0.1, 0.15) is 11.4 Å². The number of amides is 1. The van der Waals surface area contributed by atoms with E-state index in [1.54, 1.807) is 6.92 Å². The van der Waals surface area contributed by atoms with Crippen LogP contribution in [0.25, 0.3) is 0 Å². The summed E-state index contributed by atoms with van der Waals surface area (Å²) < 4.78 is 5.40. The Morgan fingerprint density at radius 2 is 1.81 bits per heavy atom. The predicted octanol–water partition coefficient (Wildman–Crippen LogP) is 4.22. The lowest BCUT2D eigenvalue weighted by Crippen LogP contribution is -2.52. The summed E-state index contributed by atoms with van der Waals surface area (Å²) in [5, 5.41) is 3.11. The van der Waals surface area contributed by atoms with E-state index in [2.05, 4.69) is 12.2 Å². The Kier molecular flexibility index (Phi) is 6.24. The van der Waals surface area contributed by atoms with E-state index in [1.165, 1.54) is 0 Å². The average Bonchev–Trinajstić information content (AvgIpc) is 2.34. The van der Waals surface area contributed by atoms with Crippen molar-refractivity contribution in [1.82, 2.24) is 5.32 Å². The van der Waals surface area contributed by atoms with Gasteiger partial charge < -0.3 is 10.1 Å². The largest absolute Gasteiger partial charge is 0.444 e. The Morgan fingerprint density at radius 3 is 2.24 bits per heavy atom. The first kappa shape index (κ1) is 18.0. The zero-order valence-electron chi connectivity index (χ0n) is 14.3. The Balaban J connectivity index is 2.67. The van der Waals surface area contributed by atoms with Crippen LogP contribution in [-0.4, -0.2) is 23.0 Å². The standard InChI is InChI=1S/C17H31NO3/c1-6-7-10-17(18-15(20)21-16(3,4)5)11-8-14(9-12-17)13(2)19/h14H,6-12H2,1-5H3,(H,18,20). The van der Waals surface area contributed by atoms with Gasteiger partial charge in [-0.1, -0.05) is 19.8 Å². The van der Waals surface area contributed by atoms with Crippen molar-refractivity contribution in [2.45, 2.75) is 90.7 Å². The molecule has 1 aliphatic rings. The number of hydrogen-bond donors (Lipinski definition) is 1. The second-order valence-corrected chi connectivity index (χ2v) is 7.40. The van der Waals surface area contributed by atoms with Crippen LogP contribution in [0.1, 0.15) is 79.6 Å². The molecule has 0 spiro atoms. The van der Waals surface area contributed by atoms with Crippen molar-refractivity contribution < 1.29 is 14.3 Å². The Morgan fingerprint density at radius 1 is 1.24 bits per heavy atom.